The number of carbonyl (C=O) groups excluding carboxylic acids is 1. The molecule has 1 aliphatic heterocycles. The van der Waals surface area contributed by atoms with Gasteiger partial charge in [0.25, 0.3) is 0 Å². The van der Waals surface area contributed by atoms with Gasteiger partial charge in [0.05, 0.1) is 6.04 Å². The van der Waals surface area contributed by atoms with E-state index in [1.54, 1.807) is 0 Å². The zero-order valence-corrected chi connectivity index (χ0v) is 12.7. The summed E-state index contributed by atoms with van der Waals surface area (Å²) in [4.78, 5) is 17.9. The van der Waals surface area contributed by atoms with Crippen molar-refractivity contribution in [1.29, 1.82) is 0 Å². The number of hydrogen-bond donors (Lipinski definition) is 3. The van der Waals surface area contributed by atoms with Crippen LogP contribution in [0.5, 0.6) is 0 Å². The fourth-order valence-corrected chi connectivity index (χ4v) is 2.78. The van der Waals surface area contributed by atoms with Gasteiger partial charge in [-0.15, -0.1) is 11.6 Å². The molecule has 0 saturated carbocycles. The largest absolute Gasteiger partial charge is 0.370 e. The maximum Gasteiger partial charge on any atom is 0.239 e. The molecule has 1 fully saturated rings. The standard InChI is InChI=1S/C13H26ClN5O/c14-6-3-10-4-8-19(9-5-10)12(20)11(15)2-1-7-18-13(16)17/h10-11H,1-9,15H2,(H4,16,17,18)/t11-/m0/s1. The average Bonchev–Trinajstić information content (AvgIpc) is 2.43. The Labute approximate surface area is 125 Å². The van der Waals surface area contributed by atoms with E-state index in [1.807, 2.05) is 4.90 Å². The molecule has 0 radical (unpaired) electrons. The molecule has 1 atom stereocenters. The van der Waals surface area contributed by atoms with E-state index in [9.17, 15) is 4.79 Å². The van der Waals surface area contributed by atoms with Gasteiger partial charge in [0.1, 0.15) is 0 Å². The van der Waals surface area contributed by atoms with E-state index in [0.29, 0.717) is 31.2 Å². The second-order valence-corrected chi connectivity index (χ2v) is 5.68. The number of alkyl halides is 1. The lowest BCUT2D eigenvalue weighted by molar-refractivity contribution is -0.134. The summed E-state index contributed by atoms with van der Waals surface area (Å²) in [6, 6.07) is -0.450. The van der Waals surface area contributed by atoms with E-state index >= 15 is 0 Å². The molecule has 0 aromatic rings. The van der Waals surface area contributed by atoms with Crippen LogP contribution in [0.1, 0.15) is 32.1 Å². The van der Waals surface area contributed by atoms with Crippen LogP contribution in [0.15, 0.2) is 4.99 Å². The van der Waals surface area contributed by atoms with Crippen molar-refractivity contribution in [3.63, 3.8) is 0 Å². The van der Waals surface area contributed by atoms with Gasteiger partial charge in [0.15, 0.2) is 5.96 Å². The fourth-order valence-electron chi connectivity index (χ4n) is 2.47. The van der Waals surface area contributed by atoms with Gasteiger partial charge < -0.3 is 22.1 Å². The Balaban J connectivity index is 2.26. The van der Waals surface area contributed by atoms with Crippen LogP contribution >= 0.6 is 11.6 Å². The first-order valence-electron chi connectivity index (χ1n) is 7.20. The van der Waals surface area contributed by atoms with Crippen LogP contribution in [0.3, 0.4) is 0 Å². The summed E-state index contributed by atoms with van der Waals surface area (Å²) in [6.07, 6.45) is 4.41. The van der Waals surface area contributed by atoms with Crippen molar-refractivity contribution in [2.75, 3.05) is 25.5 Å². The molecule has 1 rings (SSSR count). The van der Waals surface area contributed by atoms with Gasteiger partial charge in [0.2, 0.25) is 5.91 Å². The summed E-state index contributed by atoms with van der Waals surface area (Å²) in [5.74, 6) is 1.46. The molecule has 116 valence electrons. The van der Waals surface area contributed by atoms with Crippen LogP contribution < -0.4 is 17.2 Å². The molecule has 6 N–H and O–H groups in total. The molecule has 20 heavy (non-hydrogen) atoms. The highest BCUT2D eigenvalue weighted by atomic mass is 35.5. The third-order valence-corrected chi connectivity index (χ3v) is 3.95. The smallest absolute Gasteiger partial charge is 0.239 e. The van der Waals surface area contributed by atoms with Crippen LogP contribution in [0.2, 0.25) is 0 Å². The number of likely N-dealkylation sites (tertiary alicyclic amines) is 1. The number of hydrogen-bond acceptors (Lipinski definition) is 3. The molecule has 6 nitrogen and oxygen atoms in total. The topological polar surface area (TPSA) is 111 Å². The Morgan fingerprint density at radius 3 is 2.55 bits per heavy atom. The molecular formula is C13H26ClN5O. The summed E-state index contributed by atoms with van der Waals surface area (Å²) in [7, 11) is 0. The molecule has 0 aromatic heterocycles. The Bertz CT molecular complexity index is 325. The molecule has 0 spiro atoms. The first-order valence-corrected chi connectivity index (χ1v) is 7.73. The third-order valence-electron chi connectivity index (χ3n) is 3.73. The SMILES string of the molecule is NC(N)=NCCC[C@H](N)C(=O)N1CCC(CCCl)CC1. The van der Waals surface area contributed by atoms with Gasteiger partial charge in [-0.2, -0.15) is 0 Å². The minimum atomic E-state index is -0.450. The predicted molar refractivity (Wildman–Crippen MR) is 82.5 cm³/mol. The lowest BCUT2D eigenvalue weighted by atomic mass is 9.94. The highest BCUT2D eigenvalue weighted by Gasteiger charge is 2.25. The maximum absolute atomic E-state index is 12.2. The minimum absolute atomic E-state index is 0.0408. The second-order valence-electron chi connectivity index (χ2n) is 5.30. The van der Waals surface area contributed by atoms with Gasteiger partial charge in [-0.05, 0) is 38.0 Å². The number of nitrogens with two attached hydrogens (primary N) is 3. The first kappa shape index (κ1) is 17.0. The maximum atomic E-state index is 12.2. The van der Waals surface area contributed by atoms with E-state index < -0.39 is 6.04 Å². The lowest BCUT2D eigenvalue weighted by Gasteiger charge is -2.33. The van der Waals surface area contributed by atoms with Crippen LogP contribution in [0.25, 0.3) is 0 Å². The molecule has 1 aliphatic rings. The second kappa shape index (κ2) is 9.02. The molecule has 7 heteroatoms. The third kappa shape index (κ3) is 5.96. The van der Waals surface area contributed by atoms with Crippen molar-refractivity contribution in [1.82, 2.24) is 4.90 Å². The van der Waals surface area contributed by atoms with E-state index in [0.717, 1.165) is 32.4 Å². The highest BCUT2D eigenvalue weighted by molar-refractivity contribution is 6.17. The van der Waals surface area contributed by atoms with Crippen LogP contribution in [-0.4, -0.2) is 48.3 Å². The predicted octanol–water partition coefficient (Wildman–Crippen LogP) is 0.235. The Kier molecular flexibility index (Phi) is 7.69. The number of halogens is 1. The van der Waals surface area contributed by atoms with Crippen molar-refractivity contribution >= 4 is 23.5 Å². The summed E-state index contributed by atoms with van der Waals surface area (Å²) in [6.45, 7) is 2.10. The van der Waals surface area contributed by atoms with Gasteiger partial charge in [-0.3, -0.25) is 9.79 Å². The van der Waals surface area contributed by atoms with Crippen LogP contribution in [0, 0.1) is 5.92 Å². The normalized spacial score (nSPS) is 17.8. The zero-order chi connectivity index (χ0) is 15.0. The molecular weight excluding hydrogens is 278 g/mol. The number of nitrogens with zero attached hydrogens (tertiary/aromatic N) is 2. The Morgan fingerprint density at radius 1 is 1.35 bits per heavy atom. The van der Waals surface area contributed by atoms with E-state index in [-0.39, 0.29) is 11.9 Å². The fraction of sp³-hybridized carbons (Fsp3) is 0.846. The van der Waals surface area contributed by atoms with Crippen molar-refractivity contribution < 1.29 is 4.79 Å². The molecule has 0 aromatic carbocycles. The lowest BCUT2D eigenvalue weighted by Crippen LogP contribution is -2.47. The average molecular weight is 304 g/mol. The quantitative estimate of drug-likeness (QED) is 0.271. The van der Waals surface area contributed by atoms with E-state index in [2.05, 4.69) is 4.99 Å². The molecule has 1 saturated heterocycles. The van der Waals surface area contributed by atoms with E-state index in [4.69, 9.17) is 28.8 Å². The molecule has 0 aliphatic carbocycles. The van der Waals surface area contributed by atoms with Gasteiger partial charge >= 0.3 is 0 Å². The van der Waals surface area contributed by atoms with E-state index in [1.165, 1.54) is 0 Å². The summed E-state index contributed by atoms with van der Waals surface area (Å²) in [5.41, 5.74) is 16.4. The van der Waals surface area contributed by atoms with Crippen LogP contribution in [0.4, 0.5) is 0 Å². The van der Waals surface area contributed by atoms with Gasteiger partial charge in [0, 0.05) is 25.5 Å². The number of carbonyl (C=O) groups is 1. The minimum Gasteiger partial charge on any atom is -0.370 e. The molecule has 1 heterocycles. The van der Waals surface area contributed by atoms with Crippen molar-refractivity contribution in [2.24, 2.45) is 28.1 Å². The molecule has 0 unspecified atom stereocenters. The summed E-state index contributed by atoms with van der Waals surface area (Å²) >= 11 is 5.75. The summed E-state index contributed by atoms with van der Waals surface area (Å²) in [5, 5.41) is 0. The van der Waals surface area contributed by atoms with Gasteiger partial charge in [-0.1, -0.05) is 0 Å². The number of guanidine groups is 1. The Hall–Kier alpha value is -1.01. The monoisotopic (exact) mass is 303 g/mol. The number of rotatable bonds is 7. The number of aliphatic imine (C=N–C) groups is 1. The summed E-state index contributed by atoms with van der Waals surface area (Å²) < 4.78 is 0. The highest BCUT2D eigenvalue weighted by Crippen LogP contribution is 2.21. The zero-order valence-electron chi connectivity index (χ0n) is 11.9. The van der Waals surface area contributed by atoms with Gasteiger partial charge in [-0.25, -0.2) is 0 Å². The number of piperidine rings is 1. The van der Waals surface area contributed by atoms with Crippen LogP contribution in [-0.2, 0) is 4.79 Å². The molecule has 0 bridgehead atoms. The Morgan fingerprint density at radius 2 is 2.00 bits per heavy atom. The van der Waals surface area contributed by atoms with Crippen molar-refractivity contribution in [2.45, 2.75) is 38.1 Å². The molecule has 1 amide bonds. The number of amides is 1. The van der Waals surface area contributed by atoms with Crippen molar-refractivity contribution in [3.05, 3.63) is 0 Å². The van der Waals surface area contributed by atoms with Crippen molar-refractivity contribution in [3.8, 4) is 0 Å². The first-order chi connectivity index (χ1) is 9.54.